The first-order chi connectivity index (χ1) is 9.08. The molecule has 2 heterocycles. The quantitative estimate of drug-likeness (QED) is 0.527. The van der Waals surface area contributed by atoms with Crippen LogP contribution in [0.25, 0.3) is 0 Å². The molecule has 0 fully saturated rings. The molecule has 8 heteroatoms. The molecular formula is C11H7ClN4O3. The monoisotopic (exact) mass is 278 g/mol. The minimum Gasteiger partial charge on any atom is -0.307 e. The van der Waals surface area contributed by atoms with Crippen molar-refractivity contribution in [1.82, 2.24) is 9.97 Å². The van der Waals surface area contributed by atoms with Gasteiger partial charge in [0.05, 0.1) is 4.92 Å². The fourth-order valence-corrected chi connectivity index (χ4v) is 1.55. The van der Waals surface area contributed by atoms with E-state index in [9.17, 15) is 14.9 Å². The van der Waals surface area contributed by atoms with Crippen LogP contribution in [-0.2, 0) is 0 Å². The van der Waals surface area contributed by atoms with E-state index in [4.69, 9.17) is 11.6 Å². The van der Waals surface area contributed by atoms with E-state index in [0.717, 1.165) is 0 Å². The summed E-state index contributed by atoms with van der Waals surface area (Å²) in [6, 6.07) is 5.55. The molecule has 0 saturated carbocycles. The van der Waals surface area contributed by atoms with Gasteiger partial charge in [-0.3, -0.25) is 19.9 Å². The minimum absolute atomic E-state index is 0.136. The number of hydrogen-bond acceptors (Lipinski definition) is 5. The maximum Gasteiger partial charge on any atom is 0.306 e. The third-order valence-electron chi connectivity index (χ3n) is 2.21. The summed E-state index contributed by atoms with van der Waals surface area (Å²) in [6.45, 7) is 0. The summed E-state index contributed by atoms with van der Waals surface area (Å²) in [6.07, 6.45) is 2.95. The lowest BCUT2D eigenvalue weighted by Crippen LogP contribution is -2.13. The van der Waals surface area contributed by atoms with Gasteiger partial charge in [0.1, 0.15) is 5.82 Å². The number of pyridine rings is 2. The van der Waals surface area contributed by atoms with Gasteiger partial charge in [0.2, 0.25) is 5.15 Å². The first-order valence-electron chi connectivity index (χ1n) is 5.10. The van der Waals surface area contributed by atoms with Gasteiger partial charge in [-0.2, -0.15) is 0 Å². The van der Waals surface area contributed by atoms with Crippen molar-refractivity contribution in [3.8, 4) is 0 Å². The molecule has 0 atom stereocenters. The summed E-state index contributed by atoms with van der Waals surface area (Å²) in [5.41, 5.74) is 0.0786. The summed E-state index contributed by atoms with van der Waals surface area (Å²) >= 11 is 5.64. The Hall–Kier alpha value is -2.54. The highest BCUT2D eigenvalue weighted by Crippen LogP contribution is 2.23. The maximum atomic E-state index is 11.8. The number of hydrogen-bond donors (Lipinski definition) is 1. The van der Waals surface area contributed by atoms with Crippen LogP contribution in [0.2, 0.25) is 5.15 Å². The van der Waals surface area contributed by atoms with Crippen molar-refractivity contribution in [2.24, 2.45) is 0 Å². The van der Waals surface area contributed by atoms with Gasteiger partial charge >= 0.3 is 5.69 Å². The highest BCUT2D eigenvalue weighted by molar-refractivity contribution is 6.31. The summed E-state index contributed by atoms with van der Waals surface area (Å²) in [5.74, 6) is -0.266. The predicted molar refractivity (Wildman–Crippen MR) is 68.1 cm³/mol. The van der Waals surface area contributed by atoms with Crippen LogP contribution in [-0.4, -0.2) is 20.8 Å². The number of nitrogens with one attached hydrogen (secondary N) is 1. The molecule has 96 valence electrons. The van der Waals surface area contributed by atoms with E-state index >= 15 is 0 Å². The Morgan fingerprint density at radius 2 is 1.95 bits per heavy atom. The van der Waals surface area contributed by atoms with Gasteiger partial charge in [-0.25, -0.2) is 4.98 Å². The Morgan fingerprint density at radius 1 is 1.26 bits per heavy atom. The van der Waals surface area contributed by atoms with Gasteiger partial charge in [0.15, 0.2) is 0 Å². The lowest BCUT2D eigenvalue weighted by molar-refractivity contribution is -0.385. The van der Waals surface area contributed by atoms with Crippen molar-refractivity contribution < 1.29 is 9.72 Å². The van der Waals surface area contributed by atoms with Gasteiger partial charge in [0.25, 0.3) is 5.91 Å². The van der Waals surface area contributed by atoms with Crippen LogP contribution in [0, 0.1) is 10.1 Å². The van der Waals surface area contributed by atoms with Crippen LogP contribution in [0.1, 0.15) is 10.4 Å². The zero-order chi connectivity index (χ0) is 13.8. The fraction of sp³-hybridized carbons (Fsp3) is 0. The van der Waals surface area contributed by atoms with Crippen molar-refractivity contribution in [2.75, 3.05) is 5.32 Å². The van der Waals surface area contributed by atoms with Crippen LogP contribution < -0.4 is 5.32 Å². The summed E-state index contributed by atoms with van der Waals surface area (Å²) in [7, 11) is 0. The van der Waals surface area contributed by atoms with Crippen LogP contribution in [0.15, 0.2) is 36.7 Å². The van der Waals surface area contributed by atoms with Crippen LogP contribution in [0.3, 0.4) is 0 Å². The van der Waals surface area contributed by atoms with E-state index in [2.05, 4.69) is 15.3 Å². The van der Waals surface area contributed by atoms with Crippen molar-refractivity contribution >= 4 is 29.0 Å². The Morgan fingerprint density at radius 3 is 2.53 bits per heavy atom. The minimum atomic E-state index is -0.649. The second-order valence-electron chi connectivity index (χ2n) is 3.45. The SMILES string of the molecule is O=C(Nc1ccc([N+](=O)[O-])c(Cl)n1)c1ccncc1. The third-order valence-corrected chi connectivity index (χ3v) is 2.49. The molecule has 0 bridgehead atoms. The number of carbonyl (C=O) groups is 1. The molecular weight excluding hydrogens is 272 g/mol. The van der Waals surface area contributed by atoms with E-state index in [0.29, 0.717) is 5.56 Å². The van der Waals surface area contributed by atoms with Gasteiger partial charge in [-0.05, 0) is 18.2 Å². The van der Waals surface area contributed by atoms with E-state index in [1.54, 1.807) is 0 Å². The first-order valence-corrected chi connectivity index (χ1v) is 5.48. The zero-order valence-corrected chi connectivity index (χ0v) is 10.2. The maximum absolute atomic E-state index is 11.8. The lowest BCUT2D eigenvalue weighted by atomic mass is 10.2. The molecule has 0 saturated heterocycles. The molecule has 2 aromatic heterocycles. The molecule has 0 spiro atoms. The van der Waals surface area contributed by atoms with Gasteiger partial charge in [-0.15, -0.1) is 0 Å². The predicted octanol–water partition coefficient (Wildman–Crippen LogP) is 2.29. The van der Waals surface area contributed by atoms with Crippen LogP contribution in [0.5, 0.6) is 0 Å². The van der Waals surface area contributed by atoms with Crippen molar-refractivity contribution in [3.63, 3.8) is 0 Å². The molecule has 0 aliphatic heterocycles. The van der Waals surface area contributed by atoms with Gasteiger partial charge < -0.3 is 5.32 Å². The topological polar surface area (TPSA) is 98.0 Å². The molecule has 0 aliphatic rings. The van der Waals surface area contributed by atoms with Crippen molar-refractivity contribution in [3.05, 3.63) is 57.5 Å². The van der Waals surface area contributed by atoms with Gasteiger partial charge in [-0.1, -0.05) is 11.6 Å². The molecule has 1 amide bonds. The average molecular weight is 279 g/mol. The Labute approximate surface area is 112 Å². The lowest BCUT2D eigenvalue weighted by Gasteiger charge is -2.04. The number of carbonyl (C=O) groups excluding carboxylic acids is 1. The highest BCUT2D eigenvalue weighted by Gasteiger charge is 2.15. The van der Waals surface area contributed by atoms with E-state index < -0.39 is 10.8 Å². The van der Waals surface area contributed by atoms with Crippen molar-refractivity contribution in [2.45, 2.75) is 0 Å². The molecule has 7 nitrogen and oxygen atoms in total. The number of aromatic nitrogens is 2. The summed E-state index contributed by atoms with van der Waals surface area (Å²) in [5, 5.41) is 12.8. The Balaban J connectivity index is 2.19. The van der Waals surface area contributed by atoms with E-state index in [1.165, 1.54) is 36.7 Å². The summed E-state index contributed by atoms with van der Waals surface area (Å²) < 4.78 is 0. The number of rotatable bonds is 3. The number of nitrogens with zero attached hydrogens (tertiary/aromatic N) is 3. The number of nitro groups is 1. The Kier molecular flexibility index (Phi) is 3.67. The first kappa shape index (κ1) is 12.9. The highest BCUT2D eigenvalue weighted by atomic mass is 35.5. The van der Waals surface area contributed by atoms with E-state index in [-0.39, 0.29) is 16.7 Å². The fourth-order valence-electron chi connectivity index (χ4n) is 1.32. The molecule has 19 heavy (non-hydrogen) atoms. The molecule has 2 aromatic rings. The molecule has 2 rings (SSSR count). The third kappa shape index (κ3) is 3.02. The summed E-state index contributed by atoms with van der Waals surface area (Å²) in [4.78, 5) is 29.2. The standard InChI is InChI=1S/C11H7ClN4O3/c12-10-8(16(18)19)1-2-9(14-10)15-11(17)7-3-5-13-6-4-7/h1-6H,(H,14,15,17). The molecule has 0 aromatic carbocycles. The largest absolute Gasteiger partial charge is 0.307 e. The molecule has 0 unspecified atom stereocenters. The van der Waals surface area contributed by atoms with Crippen LogP contribution >= 0.6 is 11.6 Å². The molecule has 0 aliphatic carbocycles. The second kappa shape index (κ2) is 5.40. The number of halogens is 1. The smallest absolute Gasteiger partial charge is 0.306 e. The zero-order valence-electron chi connectivity index (χ0n) is 9.41. The number of amides is 1. The normalized spacial score (nSPS) is 9.95. The van der Waals surface area contributed by atoms with Crippen LogP contribution in [0.4, 0.5) is 11.5 Å². The molecule has 0 radical (unpaired) electrons. The molecule has 1 N–H and O–H groups in total. The van der Waals surface area contributed by atoms with E-state index in [1.807, 2.05) is 0 Å². The van der Waals surface area contributed by atoms with Gasteiger partial charge in [0, 0.05) is 24.0 Å². The van der Waals surface area contributed by atoms with Crippen molar-refractivity contribution in [1.29, 1.82) is 0 Å². The Bertz CT molecular complexity index is 633. The number of anilines is 1. The average Bonchev–Trinajstić information content (AvgIpc) is 2.39. The second-order valence-corrected chi connectivity index (χ2v) is 3.81.